The molecule has 19 heavy (non-hydrogen) atoms. The van der Waals surface area contributed by atoms with Gasteiger partial charge in [-0.05, 0) is 49.9 Å². The van der Waals surface area contributed by atoms with E-state index in [9.17, 15) is 4.39 Å². The quantitative estimate of drug-likeness (QED) is 0.854. The van der Waals surface area contributed by atoms with Gasteiger partial charge in [-0.1, -0.05) is 0 Å². The lowest BCUT2D eigenvalue weighted by Gasteiger charge is -2.21. The number of nitrogens with two attached hydrogens (primary N) is 1. The molecular formula is C15H16FN3. The van der Waals surface area contributed by atoms with Gasteiger partial charge >= 0.3 is 0 Å². The first kappa shape index (κ1) is 12.2. The highest BCUT2D eigenvalue weighted by Gasteiger charge is 2.19. The van der Waals surface area contributed by atoms with Crippen molar-refractivity contribution < 1.29 is 4.39 Å². The highest BCUT2D eigenvalue weighted by atomic mass is 19.1. The molecule has 0 bridgehead atoms. The maximum atomic E-state index is 13.1. The highest BCUT2D eigenvalue weighted by Crippen LogP contribution is 2.28. The second kappa shape index (κ2) is 4.70. The predicted octanol–water partition coefficient (Wildman–Crippen LogP) is 2.93. The number of benzene rings is 1. The van der Waals surface area contributed by atoms with E-state index in [0.717, 1.165) is 41.6 Å². The van der Waals surface area contributed by atoms with E-state index < -0.39 is 0 Å². The summed E-state index contributed by atoms with van der Waals surface area (Å²) in [6.45, 7) is 1.87. The minimum Gasteiger partial charge on any atom is -0.324 e. The minimum atomic E-state index is -0.235. The molecule has 1 aromatic carbocycles. The summed E-state index contributed by atoms with van der Waals surface area (Å²) in [7, 11) is 0. The summed E-state index contributed by atoms with van der Waals surface area (Å²) in [4.78, 5) is 9.00. The van der Waals surface area contributed by atoms with Crippen molar-refractivity contribution in [2.24, 2.45) is 5.73 Å². The number of fused-ring (bicyclic) bond motifs is 1. The molecule has 1 aliphatic rings. The maximum Gasteiger partial charge on any atom is 0.159 e. The molecular weight excluding hydrogens is 241 g/mol. The average Bonchev–Trinajstić information content (AvgIpc) is 2.38. The van der Waals surface area contributed by atoms with Crippen molar-refractivity contribution in [1.82, 2.24) is 9.97 Å². The second-order valence-corrected chi connectivity index (χ2v) is 5.05. The first-order valence-electron chi connectivity index (χ1n) is 6.53. The highest BCUT2D eigenvalue weighted by molar-refractivity contribution is 5.60. The van der Waals surface area contributed by atoms with E-state index in [4.69, 9.17) is 5.73 Å². The minimum absolute atomic E-state index is 0.0483. The monoisotopic (exact) mass is 257 g/mol. The fourth-order valence-corrected chi connectivity index (χ4v) is 2.59. The van der Waals surface area contributed by atoms with Crippen molar-refractivity contribution in [2.45, 2.75) is 32.2 Å². The smallest absolute Gasteiger partial charge is 0.159 e. The maximum absolute atomic E-state index is 13.1. The van der Waals surface area contributed by atoms with Crippen LogP contribution < -0.4 is 5.73 Å². The van der Waals surface area contributed by atoms with Gasteiger partial charge in [-0.25, -0.2) is 14.4 Å². The Labute approximate surface area is 111 Å². The Morgan fingerprint density at radius 2 is 2.21 bits per heavy atom. The average molecular weight is 257 g/mol. The van der Waals surface area contributed by atoms with Crippen LogP contribution >= 0.6 is 0 Å². The van der Waals surface area contributed by atoms with Crippen molar-refractivity contribution >= 4 is 0 Å². The van der Waals surface area contributed by atoms with Crippen molar-refractivity contribution in [3.8, 4) is 11.4 Å². The molecule has 2 N–H and O–H groups in total. The van der Waals surface area contributed by atoms with Crippen LogP contribution in [0.1, 0.15) is 35.7 Å². The second-order valence-electron chi connectivity index (χ2n) is 5.05. The van der Waals surface area contributed by atoms with E-state index >= 15 is 0 Å². The summed E-state index contributed by atoms with van der Waals surface area (Å²) >= 11 is 0. The third kappa shape index (κ3) is 2.24. The predicted molar refractivity (Wildman–Crippen MR) is 72.0 cm³/mol. The van der Waals surface area contributed by atoms with Crippen LogP contribution in [0.5, 0.6) is 0 Å². The van der Waals surface area contributed by atoms with Crippen LogP contribution in [0.15, 0.2) is 24.4 Å². The molecule has 3 rings (SSSR count). The summed E-state index contributed by atoms with van der Waals surface area (Å²) in [5.74, 6) is 0.423. The summed E-state index contributed by atoms with van der Waals surface area (Å²) in [6, 6.07) is 4.72. The standard InChI is InChI=1S/C15H16FN3/c1-9-7-10(16)5-6-11(9)15-18-8-12-13(17)3-2-4-14(12)19-15/h5-8,13H,2-4,17H2,1H3. The molecule has 2 aromatic rings. The van der Waals surface area contributed by atoms with Crippen molar-refractivity contribution in [2.75, 3.05) is 0 Å². The Kier molecular flexibility index (Phi) is 3.03. The molecule has 0 saturated carbocycles. The number of rotatable bonds is 1. The zero-order valence-corrected chi connectivity index (χ0v) is 10.9. The number of aromatic nitrogens is 2. The Bertz CT molecular complexity index is 625. The number of hydrogen-bond donors (Lipinski definition) is 1. The molecule has 1 unspecified atom stereocenters. The summed E-state index contributed by atoms with van der Waals surface area (Å²) in [5.41, 5.74) is 9.87. The summed E-state index contributed by atoms with van der Waals surface area (Å²) < 4.78 is 13.1. The molecule has 0 saturated heterocycles. The molecule has 1 heterocycles. The van der Waals surface area contributed by atoms with Crippen LogP contribution in [0.3, 0.4) is 0 Å². The van der Waals surface area contributed by atoms with Crippen LogP contribution in [0, 0.1) is 12.7 Å². The SMILES string of the molecule is Cc1cc(F)ccc1-c1ncc2c(n1)CCCC2N. The Hall–Kier alpha value is -1.81. The van der Waals surface area contributed by atoms with Gasteiger partial charge in [0.15, 0.2) is 5.82 Å². The largest absolute Gasteiger partial charge is 0.324 e. The Balaban J connectivity index is 2.06. The lowest BCUT2D eigenvalue weighted by atomic mass is 9.93. The molecule has 0 radical (unpaired) electrons. The molecule has 1 aliphatic carbocycles. The van der Waals surface area contributed by atoms with Gasteiger partial charge in [0.05, 0.1) is 0 Å². The molecule has 0 aliphatic heterocycles. The Morgan fingerprint density at radius 1 is 1.37 bits per heavy atom. The van der Waals surface area contributed by atoms with Crippen molar-refractivity contribution in [1.29, 1.82) is 0 Å². The third-order valence-electron chi connectivity index (χ3n) is 3.66. The molecule has 1 aromatic heterocycles. The molecule has 98 valence electrons. The molecule has 0 amide bonds. The van der Waals surface area contributed by atoms with Crippen LogP contribution in [-0.4, -0.2) is 9.97 Å². The number of aryl methyl sites for hydroxylation is 2. The molecule has 4 heteroatoms. The van der Waals surface area contributed by atoms with Crippen LogP contribution in [0.4, 0.5) is 4.39 Å². The van der Waals surface area contributed by atoms with Gasteiger partial charge in [0.25, 0.3) is 0 Å². The van der Waals surface area contributed by atoms with Gasteiger partial charge in [-0.2, -0.15) is 0 Å². The van der Waals surface area contributed by atoms with E-state index in [2.05, 4.69) is 9.97 Å². The van der Waals surface area contributed by atoms with Crippen LogP contribution in [-0.2, 0) is 6.42 Å². The zero-order chi connectivity index (χ0) is 13.4. The molecule has 1 atom stereocenters. The molecule has 3 nitrogen and oxygen atoms in total. The van der Waals surface area contributed by atoms with E-state index in [1.54, 1.807) is 6.07 Å². The van der Waals surface area contributed by atoms with Gasteiger partial charge < -0.3 is 5.73 Å². The topological polar surface area (TPSA) is 51.8 Å². The normalized spacial score (nSPS) is 18.2. The summed E-state index contributed by atoms with van der Waals surface area (Å²) in [6.07, 6.45) is 4.82. The lowest BCUT2D eigenvalue weighted by Crippen LogP contribution is -2.19. The van der Waals surface area contributed by atoms with Crippen LogP contribution in [0.25, 0.3) is 11.4 Å². The lowest BCUT2D eigenvalue weighted by molar-refractivity contribution is 0.557. The van der Waals surface area contributed by atoms with Gasteiger partial charge in [-0.3, -0.25) is 0 Å². The van der Waals surface area contributed by atoms with Crippen molar-refractivity contribution in [3.05, 3.63) is 47.0 Å². The Morgan fingerprint density at radius 3 is 3.00 bits per heavy atom. The van der Waals surface area contributed by atoms with Crippen LogP contribution in [0.2, 0.25) is 0 Å². The van der Waals surface area contributed by atoms with Gasteiger partial charge in [-0.15, -0.1) is 0 Å². The third-order valence-corrected chi connectivity index (χ3v) is 3.66. The fourth-order valence-electron chi connectivity index (χ4n) is 2.59. The van der Waals surface area contributed by atoms with E-state index in [1.165, 1.54) is 12.1 Å². The van der Waals surface area contributed by atoms with Crippen molar-refractivity contribution in [3.63, 3.8) is 0 Å². The zero-order valence-electron chi connectivity index (χ0n) is 10.9. The first-order valence-corrected chi connectivity index (χ1v) is 6.53. The number of hydrogen-bond acceptors (Lipinski definition) is 3. The van der Waals surface area contributed by atoms with Gasteiger partial charge in [0, 0.05) is 29.1 Å². The fraction of sp³-hybridized carbons (Fsp3) is 0.333. The summed E-state index contributed by atoms with van der Waals surface area (Å²) in [5, 5.41) is 0. The van der Waals surface area contributed by atoms with E-state index in [1.807, 2.05) is 13.1 Å². The first-order chi connectivity index (χ1) is 9.15. The van der Waals surface area contributed by atoms with Gasteiger partial charge in [0.2, 0.25) is 0 Å². The van der Waals surface area contributed by atoms with E-state index in [0.29, 0.717) is 5.82 Å². The number of nitrogens with zero attached hydrogens (tertiary/aromatic N) is 2. The molecule has 0 spiro atoms. The van der Waals surface area contributed by atoms with E-state index in [-0.39, 0.29) is 11.9 Å². The van der Waals surface area contributed by atoms with Gasteiger partial charge in [0.1, 0.15) is 5.82 Å². The number of halogens is 1. The molecule has 0 fully saturated rings.